The molecule has 0 unspecified atom stereocenters. The third-order valence-electron chi connectivity index (χ3n) is 3.08. The summed E-state index contributed by atoms with van der Waals surface area (Å²) in [5.41, 5.74) is 2.50. The molecule has 22 heavy (non-hydrogen) atoms. The summed E-state index contributed by atoms with van der Waals surface area (Å²) in [5.74, 6) is -0.157. The molecule has 0 aliphatic heterocycles. The Hall–Kier alpha value is -2.17. The Labute approximate surface area is 131 Å². The predicted molar refractivity (Wildman–Crippen MR) is 87.5 cm³/mol. The van der Waals surface area contributed by atoms with E-state index >= 15 is 0 Å². The van der Waals surface area contributed by atoms with Crippen molar-refractivity contribution in [3.8, 4) is 0 Å². The zero-order valence-electron chi connectivity index (χ0n) is 12.9. The smallest absolute Gasteiger partial charge is 0.222 e. The van der Waals surface area contributed by atoms with E-state index in [4.69, 9.17) is 9.47 Å². The molecule has 4 nitrogen and oxygen atoms in total. The number of para-hydroxylation sites is 1. The molecule has 2 rings (SSSR count). The number of hydrogen-bond acceptors (Lipinski definition) is 4. The van der Waals surface area contributed by atoms with Crippen LogP contribution in [0.25, 0.3) is 0 Å². The zero-order valence-corrected chi connectivity index (χ0v) is 12.9. The van der Waals surface area contributed by atoms with Crippen LogP contribution in [0.4, 0.5) is 11.4 Å². The van der Waals surface area contributed by atoms with E-state index in [9.17, 15) is 4.79 Å². The van der Waals surface area contributed by atoms with Crippen LogP contribution in [0, 0.1) is 0 Å². The summed E-state index contributed by atoms with van der Waals surface area (Å²) in [6, 6.07) is 17.2. The third-order valence-corrected chi connectivity index (χ3v) is 3.08. The highest BCUT2D eigenvalue weighted by Crippen LogP contribution is 2.18. The normalized spacial score (nSPS) is 10.7. The number of benzene rings is 2. The summed E-state index contributed by atoms with van der Waals surface area (Å²) in [6.07, 6.45) is -0.831. The van der Waals surface area contributed by atoms with Crippen LogP contribution in [0.2, 0.25) is 0 Å². The van der Waals surface area contributed by atoms with Crippen molar-refractivity contribution < 1.29 is 14.3 Å². The molecule has 0 fully saturated rings. The largest absolute Gasteiger partial charge is 0.356 e. The Morgan fingerprint density at radius 2 is 1.45 bits per heavy atom. The Balaban J connectivity index is 2.05. The number of carbonyl (C=O) groups is 1. The van der Waals surface area contributed by atoms with Crippen LogP contribution in [0.1, 0.15) is 24.2 Å². The lowest BCUT2D eigenvalue weighted by molar-refractivity contribution is -0.107. The number of carbonyl (C=O) groups excluding carboxylic acids is 1. The van der Waals surface area contributed by atoms with Crippen LogP contribution >= 0.6 is 0 Å². The Bertz CT molecular complexity index is 575. The highest BCUT2D eigenvalue weighted by molar-refractivity contribution is 5.99. The van der Waals surface area contributed by atoms with Gasteiger partial charge in [-0.05, 0) is 50.2 Å². The van der Waals surface area contributed by atoms with Crippen molar-refractivity contribution in [1.29, 1.82) is 0 Å². The summed E-state index contributed by atoms with van der Waals surface area (Å²) in [5, 5.41) is 3.28. The summed E-state index contributed by atoms with van der Waals surface area (Å²) in [6.45, 7) is 4.55. The molecule has 0 spiro atoms. The van der Waals surface area contributed by atoms with Crippen molar-refractivity contribution in [2.75, 3.05) is 18.5 Å². The van der Waals surface area contributed by atoms with Crippen molar-refractivity contribution in [2.24, 2.45) is 0 Å². The molecule has 1 N–H and O–H groups in total. The SMILES string of the molecule is CCOC(OCC)C(=O)c1ccc(Nc2ccccc2)cc1. The molecule has 0 heterocycles. The van der Waals surface area contributed by atoms with Gasteiger partial charge in [-0.3, -0.25) is 4.79 Å². The van der Waals surface area contributed by atoms with Crippen LogP contribution in [-0.2, 0) is 9.47 Å². The molecule has 116 valence electrons. The molecule has 0 radical (unpaired) electrons. The van der Waals surface area contributed by atoms with Gasteiger partial charge in [-0.15, -0.1) is 0 Å². The van der Waals surface area contributed by atoms with E-state index < -0.39 is 6.29 Å². The van der Waals surface area contributed by atoms with Gasteiger partial charge in [0.2, 0.25) is 12.1 Å². The van der Waals surface area contributed by atoms with Gasteiger partial charge < -0.3 is 14.8 Å². The van der Waals surface area contributed by atoms with Crippen molar-refractivity contribution in [3.63, 3.8) is 0 Å². The molecule has 0 amide bonds. The summed E-state index contributed by atoms with van der Waals surface area (Å²) < 4.78 is 10.7. The van der Waals surface area contributed by atoms with E-state index in [-0.39, 0.29) is 5.78 Å². The van der Waals surface area contributed by atoms with Gasteiger partial charge in [0.1, 0.15) is 0 Å². The Kier molecular flexibility index (Phi) is 6.13. The van der Waals surface area contributed by atoms with Crippen molar-refractivity contribution in [1.82, 2.24) is 0 Å². The molecule has 4 heteroatoms. The molecular weight excluding hydrogens is 278 g/mol. The molecule has 0 bridgehead atoms. The number of rotatable bonds is 8. The second kappa shape index (κ2) is 8.32. The summed E-state index contributed by atoms with van der Waals surface area (Å²) in [7, 11) is 0. The standard InChI is InChI=1S/C18H21NO3/c1-3-21-18(22-4-2)17(20)14-10-12-16(13-11-14)19-15-8-6-5-7-9-15/h5-13,18-19H,3-4H2,1-2H3. The molecule has 0 aliphatic carbocycles. The topological polar surface area (TPSA) is 47.6 Å². The Morgan fingerprint density at radius 1 is 0.909 bits per heavy atom. The number of anilines is 2. The molecule has 0 saturated heterocycles. The van der Waals surface area contributed by atoms with Crippen LogP contribution < -0.4 is 5.32 Å². The van der Waals surface area contributed by atoms with Gasteiger partial charge in [0.15, 0.2) is 0 Å². The maximum Gasteiger partial charge on any atom is 0.222 e. The minimum Gasteiger partial charge on any atom is -0.356 e. The van der Waals surface area contributed by atoms with Gasteiger partial charge in [0.25, 0.3) is 0 Å². The fourth-order valence-corrected chi connectivity index (χ4v) is 2.04. The highest BCUT2D eigenvalue weighted by atomic mass is 16.7. The van der Waals surface area contributed by atoms with Gasteiger partial charge in [0.05, 0.1) is 0 Å². The zero-order chi connectivity index (χ0) is 15.8. The fraction of sp³-hybridized carbons (Fsp3) is 0.278. The quantitative estimate of drug-likeness (QED) is 0.591. The fourth-order valence-electron chi connectivity index (χ4n) is 2.04. The first-order valence-electron chi connectivity index (χ1n) is 7.44. The number of nitrogens with one attached hydrogen (secondary N) is 1. The van der Waals surface area contributed by atoms with Gasteiger partial charge >= 0.3 is 0 Å². The van der Waals surface area contributed by atoms with E-state index in [1.165, 1.54) is 0 Å². The van der Waals surface area contributed by atoms with Crippen LogP contribution in [0.3, 0.4) is 0 Å². The molecule has 0 atom stereocenters. The van der Waals surface area contributed by atoms with Gasteiger partial charge in [-0.2, -0.15) is 0 Å². The molecule has 0 aromatic heterocycles. The van der Waals surface area contributed by atoms with Crippen LogP contribution in [0.5, 0.6) is 0 Å². The van der Waals surface area contributed by atoms with E-state index in [1.807, 2.05) is 56.3 Å². The average Bonchev–Trinajstić information content (AvgIpc) is 2.56. The minimum absolute atomic E-state index is 0.157. The number of ketones is 1. The lowest BCUT2D eigenvalue weighted by Crippen LogP contribution is -2.27. The minimum atomic E-state index is -0.831. The van der Waals surface area contributed by atoms with E-state index in [1.54, 1.807) is 12.1 Å². The molecular formula is C18H21NO3. The van der Waals surface area contributed by atoms with Crippen LogP contribution in [0.15, 0.2) is 54.6 Å². The molecule has 2 aromatic rings. The average molecular weight is 299 g/mol. The van der Waals surface area contributed by atoms with E-state index in [0.29, 0.717) is 18.8 Å². The van der Waals surface area contributed by atoms with Gasteiger partial charge in [0, 0.05) is 30.2 Å². The molecule has 0 saturated carbocycles. The molecule has 2 aromatic carbocycles. The maximum absolute atomic E-state index is 12.3. The predicted octanol–water partition coefficient (Wildman–Crippen LogP) is 4.01. The van der Waals surface area contributed by atoms with Crippen molar-refractivity contribution >= 4 is 17.2 Å². The first kappa shape index (κ1) is 16.2. The van der Waals surface area contributed by atoms with Gasteiger partial charge in [-0.25, -0.2) is 0 Å². The first-order chi connectivity index (χ1) is 10.7. The lowest BCUT2D eigenvalue weighted by Gasteiger charge is -2.15. The maximum atomic E-state index is 12.3. The summed E-state index contributed by atoms with van der Waals surface area (Å²) in [4.78, 5) is 12.3. The number of Topliss-reactive ketones (excluding diaryl/α,β-unsaturated/α-hetero) is 1. The lowest BCUT2D eigenvalue weighted by atomic mass is 10.1. The second-order valence-electron chi connectivity index (χ2n) is 4.68. The van der Waals surface area contributed by atoms with E-state index in [2.05, 4.69) is 5.32 Å². The number of ether oxygens (including phenoxy) is 2. The first-order valence-corrected chi connectivity index (χ1v) is 7.44. The second-order valence-corrected chi connectivity index (χ2v) is 4.68. The molecule has 0 aliphatic rings. The van der Waals surface area contributed by atoms with Crippen LogP contribution in [-0.4, -0.2) is 25.3 Å². The van der Waals surface area contributed by atoms with Crippen molar-refractivity contribution in [2.45, 2.75) is 20.1 Å². The van der Waals surface area contributed by atoms with Crippen molar-refractivity contribution in [3.05, 3.63) is 60.2 Å². The highest BCUT2D eigenvalue weighted by Gasteiger charge is 2.20. The summed E-state index contributed by atoms with van der Waals surface area (Å²) >= 11 is 0. The third kappa shape index (κ3) is 4.41. The Morgan fingerprint density at radius 3 is 2.00 bits per heavy atom. The monoisotopic (exact) mass is 299 g/mol. The van der Waals surface area contributed by atoms with Gasteiger partial charge in [-0.1, -0.05) is 18.2 Å². The van der Waals surface area contributed by atoms with E-state index in [0.717, 1.165) is 11.4 Å². The number of hydrogen-bond donors (Lipinski definition) is 1.